The van der Waals surface area contributed by atoms with Crippen LogP contribution >= 0.6 is 11.3 Å². The van der Waals surface area contributed by atoms with Crippen molar-refractivity contribution in [2.45, 2.75) is 6.92 Å². The van der Waals surface area contributed by atoms with Gasteiger partial charge in [0.05, 0.1) is 27.2 Å². The van der Waals surface area contributed by atoms with E-state index < -0.39 is 18.5 Å². The molecule has 2 aromatic heterocycles. The van der Waals surface area contributed by atoms with Gasteiger partial charge in [-0.1, -0.05) is 42.0 Å². The molecule has 182 valence electrons. The van der Waals surface area contributed by atoms with E-state index in [-0.39, 0.29) is 5.78 Å². The van der Waals surface area contributed by atoms with Crippen LogP contribution < -0.4 is 4.74 Å². The number of carbonyl (C=O) groups excluding carboxylic acids is 3. The standard InChI is InChI=1S/C30H21NO5S/c1-19-8-10-21(11-9-19)29(33)36-22-14-12-20(13-15-22)27(32)18-35-30(34)24-17-26(28-7-4-16-37-28)31-25-6-3-2-5-23(24)25/h2-17H,18H2,1H3. The molecule has 0 saturated carbocycles. The topological polar surface area (TPSA) is 82.6 Å². The van der Waals surface area contributed by atoms with E-state index in [1.165, 1.54) is 35.6 Å². The first-order valence-electron chi connectivity index (χ1n) is 11.5. The van der Waals surface area contributed by atoms with Crippen molar-refractivity contribution in [1.82, 2.24) is 4.98 Å². The maximum absolute atomic E-state index is 13.0. The van der Waals surface area contributed by atoms with Crippen molar-refractivity contribution in [2.75, 3.05) is 6.61 Å². The van der Waals surface area contributed by atoms with Gasteiger partial charge in [0, 0.05) is 10.9 Å². The molecule has 0 N–H and O–H groups in total. The first-order valence-corrected chi connectivity index (χ1v) is 12.4. The van der Waals surface area contributed by atoms with Crippen molar-refractivity contribution in [3.8, 4) is 16.3 Å². The minimum atomic E-state index is -0.603. The predicted octanol–water partition coefficient (Wildman–Crippen LogP) is 6.53. The molecule has 0 atom stereocenters. The molecule has 0 unspecified atom stereocenters. The van der Waals surface area contributed by atoms with E-state index in [4.69, 9.17) is 9.47 Å². The molecule has 5 rings (SSSR count). The molecule has 2 heterocycles. The number of ketones is 1. The summed E-state index contributed by atoms with van der Waals surface area (Å²) in [4.78, 5) is 43.6. The second kappa shape index (κ2) is 10.6. The van der Waals surface area contributed by atoms with Crippen LogP contribution in [-0.4, -0.2) is 29.3 Å². The molecule has 0 spiro atoms. The van der Waals surface area contributed by atoms with Gasteiger partial charge in [0.1, 0.15) is 5.75 Å². The Morgan fingerprint density at radius 1 is 0.811 bits per heavy atom. The van der Waals surface area contributed by atoms with Gasteiger partial charge < -0.3 is 9.47 Å². The number of rotatable bonds is 7. The van der Waals surface area contributed by atoms with E-state index in [0.29, 0.717) is 39.0 Å². The fourth-order valence-electron chi connectivity index (χ4n) is 3.75. The lowest BCUT2D eigenvalue weighted by atomic mass is 10.1. The van der Waals surface area contributed by atoms with Crippen LogP contribution in [0.1, 0.15) is 36.6 Å². The van der Waals surface area contributed by atoms with Gasteiger partial charge in [0.25, 0.3) is 0 Å². The highest BCUT2D eigenvalue weighted by molar-refractivity contribution is 7.13. The Hall–Kier alpha value is -4.62. The van der Waals surface area contributed by atoms with Gasteiger partial charge in [-0.15, -0.1) is 11.3 Å². The molecule has 0 bridgehead atoms. The molecular weight excluding hydrogens is 486 g/mol. The van der Waals surface area contributed by atoms with Gasteiger partial charge in [-0.2, -0.15) is 0 Å². The normalized spacial score (nSPS) is 10.7. The molecule has 0 radical (unpaired) electrons. The Balaban J connectivity index is 1.26. The lowest BCUT2D eigenvalue weighted by Crippen LogP contribution is -2.15. The summed E-state index contributed by atoms with van der Waals surface area (Å²) in [5.41, 5.74) is 3.50. The van der Waals surface area contributed by atoms with Gasteiger partial charge in [0.15, 0.2) is 12.4 Å². The van der Waals surface area contributed by atoms with Gasteiger partial charge in [0.2, 0.25) is 0 Å². The van der Waals surface area contributed by atoms with Crippen molar-refractivity contribution in [1.29, 1.82) is 0 Å². The van der Waals surface area contributed by atoms with Gasteiger partial charge >= 0.3 is 11.9 Å². The van der Waals surface area contributed by atoms with Crippen LogP contribution in [0, 0.1) is 6.92 Å². The Kier molecular flexibility index (Phi) is 6.87. The molecule has 6 nitrogen and oxygen atoms in total. The molecule has 0 aliphatic heterocycles. The number of ether oxygens (including phenoxy) is 2. The molecule has 0 aliphatic rings. The molecule has 0 amide bonds. The number of aromatic nitrogens is 1. The summed E-state index contributed by atoms with van der Waals surface area (Å²) in [6, 6.07) is 26.0. The summed E-state index contributed by atoms with van der Waals surface area (Å²) in [6.45, 7) is 1.51. The molecule has 0 aliphatic carbocycles. The Bertz CT molecular complexity index is 1590. The monoisotopic (exact) mass is 507 g/mol. The second-order valence-electron chi connectivity index (χ2n) is 8.33. The summed E-state index contributed by atoms with van der Waals surface area (Å²) < 4.78 is 10.8. The number of pyridine rings is 1. The minimum absolute atomic E-state index is 0.309. The average Bonchev–Trinajstić information content (AvgIpc) is 3.47. The number of para-hydroxylation sites is 1. The fourth-order valence-corrected chi connectivity index (χ4v) is 4.44. The summed E-state index contributed by atoms with van der Waals surface area (Å²) >= 11 is 1.52. The lowest BCUT2D eigenvalue weighted by Gasteiger charge is -2.09. The SMILES string of the molecule is Cc1ccc(C(=O)Oc2ccc(C(=O)COC(=O)c3cc(-c4cccs4)nc4ccccc34)cc2)cc1. The third-order valence-electron chi connectivity index (χ3n) is 5.72. The molecule has 5 aromatic rings. The van der Waals surface area contributed by atoms with Crippen LogP contribution in [0.15, 0.2) is 96.4 Å². The van der Waals surface area contributed by atoms with Crippen LogP contribution in [0.25, 0.3) is 21.5 Å². The van der Waals surface area contributed by atoms with Crippen LogP contribution in [0.2, 0.25) is 0 Å². The highest BCUT2D eigenvalue weighted by atomic mass is 32.1. The zero-order valence-corrected chi connectivity index (χ0v) is 20.7. The Morgan fingerprint density at radius 2 is 1.54 bits per heavy atom. The molecule has 3 aromatic carbocycles. The van der Waals surface area contributed by atoms with E-state index in [1.54, 1.807) is 24.3 Å². The Labute approximate surface area is 217 Å². The first-order chi connectivity index (χ1) is 18.0. The van der Waals surface area contributed by atoms with Crippen LogP contribution in [0.5, 0.6) is 5.75 Å². The number of thiophene rings is 1. The summed E-state index contributed by atoms with van der Waals surface area (Å²) in [5, 5.41) is 2.59. The zero-order chi connectivity index (χ0) is 25.8. The minimum Gasteiger partial charge on any atom is -0.454 e. The van der Waals surface area contributed by atoms with Crippen molar-refractivity contribution < 1.29 is 23.9 Å². The number of nitrogens with zero attached hydrogens (tertiary/aromatic N) is 1. The molecule has 7 heteroatoms. The van der Waals surface area contributed by atoms with Crippen LogP contribution in [-0.2, 0) is 4.74 Å². The van der Waals surface area contributed by atoms with Crippen LogP contribution in [0.4, 0.5) is 0 Å². The van der Waals surface area contributed by atoms with Gasteiger partial charge in [-0.05, 0) is 66.9 Å². The first kappa shape index (κ1) is 24.1. The third-order valence-corrected chi connectivity index (χ3v) is 6.61. The number of aryl methyl sites for hydroxylation is 1. The lowest BCUT2D eigenvalue weighted by molar-refractivity contribution is 0.0476. The molecular formula is C30H21NO5S. The van der Waals surface area contributed by atoms with E-state index in [0.717, 1.165) is 10.4 Å². The number of hydrogen-bond acceptors (Lipinski definition) is 7. The van der Waals surface area contributed by atoms with Crippen molar-refractivity contribution in [3.63, 3.8) is 0 Å². The highest BCUT2D eigenvalue weighted by Crippen LogP contribution is 2.28. The second-order valence-corrected chi connectivity index (χ2v) is 9.28. The molecule has 37 heavy (non-hydrogen) atoms. The highest BCUT2D eigenvalue weighted by Gasteiger charge is 2.18. The number of benzene rings is 3. The average molecular weight is 508 g/mol. The van der Waals surface area contributed by atoms with E-state index >= 15 is 0 Å². The summed E-state index contributed by atoms with van der Waals surface area (Å²) in [6.07, 6.45) is 0. The molecule has 0 fully saturated rings. The van der Waals surface area contributed by atoms with E-state index in [2.05, 4.69) is 4.98 Å². The summed E-state index contributed by atoms with van der Waals surface area (Å²) in [7, 11) is 0. The number of fused-ring (bicyclic) bond motifs is 1. The number of carbonyl (C=O) groups is 3. The quantitative estimate of drug-likeness (QED) is 0.141. The molecule has 0 saturated heterocycles. The van der Waals surface area contributed by atoms with Crippen molar-refractivity contribution >= 4 is 40.0 Å². The van der Waals surface area contributed by atoms with E-state index in [9.17, 15) is 14.4 Å². The number of Topliss-reactive ketones (excluding diaryl/α,β-unsaturated/α-hetero) is 1. The fraction of sp³-hybridized carbons (Fsp3) is 0.0667. The van der Waals surface area contributed by atoms with Crippen LogP contribution in [0.3, 0.4) is 0 Å². The zero-order valence-electron chi connectivity index (χ0n) is 19.8. The predicted molar refractivity (Wildman–Crippen MR) is 142 cm³/mol. The largest absolute Gasteiger partial charge is 0.454 e. The van der Waals surface area contributed by atoms with Gasteiger partial charge in [-0.3, -0.25) is 4.79 Å². The maximum Gasteiger partial charge on any atom is 0.343 e. The van der Waals surface area contributed by atoms with E-state index in [1.807, 2.05) is 54.8 Å². The number of hydrogen-bond donors (Lipinski definition) is 0. The third kappa shape index (κ3) is 5.47. The summed E-state index contributed by atoms with van der Waals surface area (Å²) in [5.74, 6) is -1.15. The maximum atomic E-state index is 13.0. The number of esters is 2. The van der Waals surface area contributed by atoms with Crippen molar-refractivity contribution in [2.24, 2.45) is 0 Å². The van der Waals surface area contributed by atoms with Gasteiger partial charge in [-0.25, -0.2) is 14.6 Å². The van der Waals surface area contributed by atoms with Crippen molar-refractivity contribution in [3.05, 3.63) is 119 Å². The Morgan fingerprint density at radius 3 is 2.27 bits per heavy atom. The smallest absolute Gasteiger partial charge is 0.343 e.